The number of phosphoric acid groups is 1. The van der Waals surface area contributed by atoms with Gasteiger partial charge in [-0.05, 0) is 36.1 Å². The highest BCUT2D eigenvalue weighted by atomic mass is 35.5. The summed E-state index contributed by atoms with van der Waals surface area (Å²) in [6.07, 6.45) is -3.85. The molecule has 0 bridgehead atoms. The zero-order valence-electron chi connectivity index (χ0n) is 22.5. The average Bonchev–Trinajstić information content (AvgIpc) is 3.09. The van der Waals surface area contributed by atoms with Crippen molar-refractivity contribution >= 4 is 31.3 Å². The lowest BCUT2D eigenvalue weighted by Gasteiger charge is -2.30. The van der Waals surface area contributed by atoms with E-state index in [2.05, 4.69) is 10.3 Å². The smallest absolute Gasteiger partial charge is 0.449 e. The van der Waals surface area contributed by atoms with Gasteiger partial charge in [-0.15, -0.1) is 0 Å². The van der Waals surface area contributed by atoms with Crippen LogP contribution in [-0.4, -0.2) is 63.5 Å². The first-order valence-corrected chi connectivity index (χ1v) is 14.4. The number of ether oxygens (including phenoxy) is 2. The summed E-state index contributed by atoms with van der Waals surface area (Å²) in [5.41, 5.74) is -2.39. The predicted molar refractivity (Wildman–Crippen MR) is 143 cm³/mol. The lowest BCUT2D eigenvalue weighted by molar-refractivity contribution is -0.0989. The Kier molecular flexibility index (Phi) is 9.08. The van der Waals surface area contributed by atoms with Crippen LogP contribution >= 0.6 is 19.4 Å². The Hall–Kier alpha value is -2.35. The number of amides is 1. The maximum atomic E-state index is 13.1. The fourth-order valence-corrected chi connectivity index (χ4v) is 5.73. The largest absolute Gasteiger partial charge is 0.475 e. The van der Waals surface area contributed by atoms with Crippen molar-refractivity contribution in [2.75, 3.05) is 25.1 Å². The summed E-state index contributed by atoms with van der Waals surface area (Å²) in [7, 11) is -4.06. The molecule has 0 aliphatic carbocycles. The fraction of sp³-hybridized carbons (Fsp3) is 0.560. The third kappa shape index (κ3) is 7.29. The average molecular weight is 602 g/mol. The number of carbonyl (C=O) groups is 1. The quantitative estimate of drug-likeness (QED) is 0.395. The van der Waals surface area contributed by atoms with E-state index in [1.54, 1.807) is 24.3 Å². The number of aliphatic hydroxyl groups excluding tert-OH is 1. The molecule has 0 spiro atoms. The number of carbonyl (C=O) groups excluding carboxylic acids is 1. The summed E-state index contributed by atoms with van der Waals surface area (Å²) in [6.45, 7) is 6.72. The van der Waals surface area contributed by atoms with Gasteiger partial charge in [-0.2, -0.15) is 4.98 Å². The van der Waals surface area contributed by atoms with Gasteiger partial charge in [0, 0.05) is 17.6 Å². The topological polar surface area (TPSA) is 168 Å². The van der Waals surface area contributed by atoms with Gasteiger partial charge in [-0.3, -0.25) is 23.5 Å². The molecular formula is C25H33ClN3O10P. The van der Waals surface area contributed by atoms with Crippen molar-refractivity contribution in [3.05, 3.63) is 57.6 Å². The Bertz CT molecular complexity index is 1330. The molecule has 1 aromatic heterocycles. The van der Waals surface area contributed by atoms with Crippen LogP contribution in [0.1, 0.15) is 52.0 Å². The van der Waals surface area contributed by atoms with Gasteiger partial charge in [0.1, 0.15) is 23.6 Å². The molecule has 2 aliphatic rings. The Morgan fingerprint density at radius 3 is 2.77 bits per heavy atom. The summed E-state index contributed by atoms with van der Waals surface area (Å²) < 4.78 is 41.3. The van der Waals surface area contributed by atoms with Gasteiger partial charge in [0.15, 0.2) is 6.23 Å². The number of benzene rings is 1. The second-order valence-electron chi connectivity index (χ2n) is 11.0. The van der Waals surface area contributed by atoms with Gasteiger partial charge < -0.3 is 19.7 Å². The van der Waals surface area contributed by atoms with Gasteiger partial charge >= 0.3 is 19.6 Å². The number of rotatable bonds is 7. The summed E-state index contributed by atoms with van der Waals surface area (Å²) in [4.78, 5) is 28.5. The molecule has 220 valence electrons. The maximum absolute atomic E-state index is 13.1. The molecular weight excluding hydrogens is 569 g/mol. The first-order valence-electron chi connectivity index (χ1n) is 12.6. The number of anilines is 1. The minimum absolute atomic E-state index is 0.0721. The molecule has 1 aromatic carbocycles. The van der Waals surface area contributed by atoms with Crippen LogP contribution in [0.4, 0.5) is 10.6 Å². The van der Waals surface area contributed by atoms with Gasteiger partial charge in [-0.1, -0.05) is 44.5 Å². The van der Waals surface area contributed by atoms with Crippen molar-refractivity contribution < 1.29 is 42.6 Å². The minimum Gasteiger partial charge on any atom is -0.449 e. The molecule has 0 saturated carbocycles. The molecule has 2 saturated heterocycles. The van der Waals surface area contributed by atoms with Crippen molar-refractivity contribution in [2.24, 2.45) is 5.41 Å². The number of hydrogen-bond donors (Lipinski definition) is 3. The van der Waals surface area contributed by atoms with Crippen LogP contribution in [-0.2, 0) is 27.6 Å². The van der Waals surface area contributed by atoms with Crippen LogP contribution in [0.3, 0.4) is 0 Å². The van der Waals surface area contributed by atoms with Crippen LogP contribution in [0.25, 0.3) is 0 Å². The van der Waals surface area contributed by atoms with Crippen LogP contribution < -0.4 is 11.0 Å². The van der Waals surface area contributed by atoms with Crippen LogP contribution in [0.2, 0.25) is 5.02 Å². The standard InChI is InChI=1S/C25H33ClN3O10P/c1-24(2,3)14-35-23(32)28-19-8-10-29(22(31)27-19)21-25(4,33)20(30)18(38-21)13-37-40(34)36-11-9-17(39-40)15-6-5-7-16(26)12-15/h5-8,10,12,17-18,20-21,30,33H,9,11,13-14H2,1-4H3,(H,27,28,31,32)/t17-,18+,20+,21+,25+,40?/m0/s1. The van der Waals surface area contributed by atoms with Gasteiger partial charge in [0.05, 0.1) is 25.9 Å². The zero-order chi connectivity index (χ0) is 29.3. The van der Waals surface area contributed by atoms with E-state index in [0.29, 0.717) is 17.0 Å². The van der Waals surface area contributed by atoms with Crippen LogP contribution in [0.5, 0.6) is 0 Å². The van der Waals surface area contributed by atoms with E-state index in [4.69, 9.17) is 34.6 Å². The van der Waals surface area contributed by atoms with E-state index in [1.165, 1.54) is 19.2 Å². The molecule has 6 atom stereocenters. The van der Waals surface area contributed by atoms with Crippen LogP contribution in [0, 0.1) is 5.41 Å². The number of hydrogen-bond acceptors (Lipinski definition) is 11. The predicted octanol–water partition coefficient (Wildman–Crippen LogP) is 3.80. The van der Waals surface area contributed by atoms with E-state index in [9.17, 15) is 24.4 Å². The van der Waals surface area contributed by atoms with Crippen molar-refractivity contribution in [1.29, 1.82) is 0 Å². The first kappa shape index (κ1) is 30.6. The molecule has 2 aliphatic heterocycles. The van der Waals surface area contributed by atoms with Crippen molar-refractivity contribution in [2.45, 2.75) is 64.3 Å². The summed E-state index contributed by atoms with van der Waals surface area (Å²) >= 11 is 6.05. The molecule has 13 nitrogen and oxygen atoms in total. The van der Waals surface area contributed by atoms with Crippen molar-refractivity contribution in [3.8, 4) is 0 Å². The molecule has 1 amide bonds. The first-order chi connectivity index (χ1) is 18.7. The number of halogens is 1. The van der Waals surface area contributed by atoms with E-state index < -0.39 is 56.4 Å². The SMILES string of the molecule is CC(C)(C)COC(=O)Nc1ccn([C@@H]2O[C@H](COP3(=O)OCC[C@@H](c4cccc(Cl)c4)O3)[C@@H](O)[C@@]2(C)O)c(=O)n1. The van der Waals surface area contributed by atoms with E-state index in [1.807, 2.05) is 20.8 Å². The maximum Gasteiger partial charge on any atom is 0.475 e. The molecule has 0 radical (unpaired) electrons. The third-order valence-electron chi connectivity index (χ3n) is 6.21. The zero-order valence-corrected chi connectivity index (χ0v) is 24.1. The number of nitrogens with zero attached hydrogens (tertiary/aromatic N) is 2. The highest BCUT2D eigenvalue weighted by Gasteiger charge is 2.54. The van der Waals surface area contributed by atoms with E-state index in [0.717, 1.165) is 4.57 Å². The van der Waals surface area contributed by atoms with Crippen LogP contribution in [0.15, 0.2) is 41.3 Å². The van der Waals surface area contributed by atoms with E-state index >= 15 is 0 Å². The molecule has 2 fully saturated rings. The molecule has 3 heterocycles. The van der Waals surface area contributed by atoms with Gasteiger partial charge in [0.2, 0.25) is 0 Å². The highest BCUT2D eigenvalue weighted by Crippen LogP contribution is 2.57. The Balaban J connectivity index is 1.40. The molecule has 15 heteroatoms. The lowest BCUT2D eigenvalue weighted by Crippen LogP contribution is -2.46. The Labute approximate surface area is 235 Å². The number of nitrogens with one attached hydrogen (secondary N) is 1. The number of phosphoric ester groups is 1. The summed E-state index contributed by atoms with van der Waals surface area (Å²) in [6, 6.07) is 8.22. The van der Waals surface area contributed by atoms with Gasteiger partial charge in [-0.25, -0.2) is 14.2 Å². The highest BCUT2D eigenvalue weighted by molar-refractivity contribution is 7.48. The monoisotopic (exact) mass is 601 g/mol. The minimum atomic E-state index is -4.06. The molecule has 40 heavy (non-hydrogen) atoms. The number of aliphatic hydroxyl groups is 2. The Morgan fingerprint density at radius 1 is 1.35 bits per heavy atom. The molecule has 2 aromatic rings. The summed E-state index contributed by atoms with van der Waals surface area (Å²) in [5, 5.41) is 24.6. The lowest BCUT2D eigenvalue weighted by atomic mass is 9.96. The Morgan fingerprint density at radius 2 is 2.10 bits per heavy atom. The van der Waals surface area contributed by atoms with Gasteiger partial charge in [0.25, 0.3) is 0 Å². The normalized spacial score (nSPS) is 30.7. The van der Waals surface area contributed by atoms with E-state index in [-0.39, 0.29) is 24.4 Å². The number of aromatic nitrogens is 2. The third-order valence-corrected chi connectivity index (χ3v) is 7.92. The van der Waals surface area contributed by atoms with Crippen molar-refractivity contribution in [3.63, 3.8) is 0 Å². The second kappa shape index (κ2) is 11.9. The van der Waals surface area contributed by atoms with Crippen molar-refractivity contribution in [1.82, 2.24) is 9.55 Å². The molecule has 1 unspecified atom stereocenters. The molecule has 3 N–H and O–H groups in total. The molecule has 4 rings (SSSR count). The second-order valence-corrected chi connectivity index (χ2v) is 13.0. The summed E-state index contributed by atoms with van der Waals surface area (Å²) in [5.74, 6) is -0.0721. The fourth-order valence-electron chi connectivity index (χ4n) is 4.14.